The fraction of sp³-hybridized carbons (Fsp3) is 1.00. The van der Waals surface area contributed by atoms with Crippen LogP contribution in [-0.4, -0.2) is 12.6 Å². The van der Waals surface area contributed by atoms with Crippen molar-refractivity contribution in [3.8, 4) is 0 Å². The van der Waals surface area contributed by atoms with Gasteiger partial charge in [0.25, 0.3) is 0 Å². The molecule has 0 aromatic rings. The molecule has 0 bridgehead atoms. The lowest BCUT2D eigenvalue weighted by Crippen LogP contribution is -2.21. The van der Waals surface area contributed by atoms with E-state index < -0.39 is 7.38 Å². The molecule has 3 heteroatoms. The maximum atomic E-state index is 6.20. The van der Waals surface area contributed by atoms with Crippen molar-refractivity contribution < 1.29 is 0 Å². The van der Waals surface area contributed by atoms with Crippen molar-refractivity contribution in [3.63, 3.8) is 0 Å². The highest BCUT2D eigenvalue weighted by molar-refractivity contribution is 7.81. The van der Waals surface area contributed by atoms with Crippen molar-refractivity contribution in [2.45, 2.75) is 50.6 Å². The summed E-state index contributed by atoms with van der Waals surface area (Å²) in [6, 6.07) is 1.14. The molecule has 0 heterocycles. The fourth-order valence-corrected chi connectivity index (χ4v) is 4.86. The van der Waals surface area contributed by atoms with Gasteiger partial charge < -0.3 is 0 Å². The summed E-state index contributed by atoms with van der Waals surface area (Å²) in [5, 5.41) is 0.536. The molecule has 11 heavy (non-hydrogen) atoms. The van der Waals surface area contributed by atoms with Gasteiger partial charge in [0.05, 0.1) is 0 Å². The van der Waals surface area contributed by atoms with Crippen LogP contribution in [0, 0.1) is 0 Å². The fourth-order valence-electron chi connectivity index (χ4n) is 1.10. The zero-order valence-corrected chi connectivity index (χ0v) is 10.4. The minimum atomic E-state index is -1.37. The lowest BCUT2D eigenvalue weighted by atomic mass is 10.2. The Morgan fingerprint density at radius 3 is 2.36 bits per heavy atom. The Hall–Kier alpha value is 0.857. The van der Waals surface area contributed by atoms with Gasteiger partial charge in [0.2, 0.25) is 0 Å². The Balaban J connectivity index is 3.44. The van der Waals surface area contributed by atoms with Crippen LogP contribution in [0.25, 0.3) is 0 Å². The molecule has 1 unspecified atom stereocenters. The zero-order valence-electron chi connectivity index (χ0n) is 7.73. The highest BCUT2D eigenvalue weighted by Crippen LogP contribution is 2.22. The minimum Gasteiger partial charge on any atom is -0.176 e. The third-order valence-corrected chi connectivity index (χ3v) is 4.32. The molecule has 0 amide bonds. The molecule has 0 aliphatic rings. The molecule has 0 radical (unpaired) electrons. The molecule has 0 fully saturated rings. The lowest BCUT2D eigenvalue weighted by Gasteiger charge is -2.17. The molecule has 0 saturated heterocycles. The largest absolute Gasteiger partial charge is 0.176 e. The van der Waals surface area contributed by atoms with E-state index in [1.54, 1.807) is 0 Å². The van der Waals surface area contributed by atoms with Gasteiger partial charge in [-0.15, -0.1) is 0 Å². The molecule has 0 saturated carbocycles. The van der Waals surface area contributed by atoms with Crippen LogP contribution in [0.2, 0.25) is 19.1 Å². The summed E-state index contributed by atoms with van der Waals surface area (Å²) >= 11 is 10.7. The Labute approximate surface area is 81.8 Å². The topological polar surface area (TPSA) is 0 Å². The SMILES string of the molecule is CCCCC(S)C[Si](C)(C)Cl. The van der Waals surface area contributed by atoms with E-state index in [1.807, 2.05) is 0 Å². The van der Waals surface area contributed by atoms with Gasteiger partial charge >= 0.3 is 0 Å². The monoisotopic (exact) mass is 210 g/mol. The van der Waals surface area contributed by atoms with Gasteiger partial charge in [-0.05, 0) is 12.5 Å². The van der Waals surface area contributed by atoms with Crippen LogP contribution in [0.4, 0.5) is 0 Å². The summed E-state index contributed by atoms with van der Waals surface area (Å²) in [5.74, 6) is 0. The molecule has 0 nitrogen and oxygen atoms in total. The number of hydrogen-bond acceptors (Lipinski definition) is 1. The number of thiol groups is 1. The van der Waals surface area contributed by atoms with E-state index in [9.17, 15) is 0 Å². The summed E-state index contributed by atoms with van der Waals surface area (Å²) < 4.78 is 0. The zero-order chi connectivity index (χ0) is 8.91. The van der Waals surface area contributed by atoms with Crippen molar-refractivity contribution in [2.24, 2.45) is 0 Å². The third kappa shape index (κ3) is 8.77. The molecule has 0 rings (SSSR count). The Morgan fingerprint density at radius 2 is 2.00 bits per heavy atom. The van der Waals surface area contributed by atoms with E-state index in [0.717, 1.165) is 6.04 Å². The van der Waals surface area contributed by atoms with E-state index in [0.29, 0.717) is 5.25 Å². The van der Waals surface area contributed by atoms with E-state index in [4.69, 9.17) is 11.1 Å². The Bertz CT molecular complexity index is 101. The molecule has 0 aliphatic carbocycles. The van der Waals surface area contributed by atoms with E-state index in [-0.39, 0.29) is 0 Å². The molecule has 0 aromatic heterocycles. The van der Waals surface area contributed by atoms with Crippen LogP contribution in [0.15, 0.2) is 0 Å². The summed E-state index contributed by atoms with van der Waals surface area (Å²) in [4.78, 5) is 0. The predicted molar refractivity (Wildman–Crippen MR) is 60.4 cm³/mol. The average Bonchev–Trinajstić information content (AvgIpc) is 1.79. The van der Waals surface area contributed by atoms with Crippen LogP contribution < -0.4 is 0 Å². The second-order valence-electron chi connectivity index (χ2n) is 3.72. The maximum Gasteiger partial charge on any atom is 0.151 e. The summed E-state index contributed by atoms with van der Waals surface area (Å²) in [6.07, 6.45) is 3.78. The second kappa shape index (κ2) is 5.49. The number of rotatable bonds is 5. The van der Waals surface area contributed by atoms with Gasteiger partial charge in [0, 0.05) is 5.25 Å². The summed E-state index contributed by atoms with van der Waals surface area (Å²) in [5.41, 5.74) is 0. The van der Waals surface area contributed by atoms with E-state index in [1.165, 1.54) is 19.3 Å². The van der Waals surface area contributed by atoms with Crippen molar-refractivity contribution in [2.75, 3.05) is 0 Å². The number of unbranched alkanes of at least 4 members (excludes halogenated alkanes) is 1. The van der Waals surface area contributed by atoms with Gasteiger partial charge in [0.15, 0.2) is 7.38 Å². The summed E-state index contributed by atoms with van der Waals surface area (Å²) in [6.45, 7) is 6.58. The molecule has 0 aliphatic heterocycles. The third-order valence-electron chi connectivity index (χ3n) is 1.61. The quantitative estimate of drug-likeness (QED) is 0.397. The molecule has 0 aromatic carbocycles. The molecular formula is C8H19ClSSi. The van der Waals surface area contributed by atoms with Gasteiger partial charge in [0.1, 0.15) is 0 Å². The van der Waals surface area contributed by atoms with Gasteiger partial charge in [-0.3, -0.25) is 0 Å². The number of hydrogen-bond donors (Lipinski definition) is 1. The van der Waals surface area contributed by atoms with Gasteiger partial charge in [-0.1, -0.05) is 32.9 Å². The van der Waals surface area contributed by atoms with Gasteiger partial charge in [-0.25, -0.2) is 0 Å². The highest BCUT2D eigenvalue weighted by atomic mass is 35.6. The van der Waals surface area contributed by atoms with Crippen LogP contribution in [-0.2, 0) is 0 Å². The van der Waals surface area contributed by atoms with Crippen molar-refractivity contribution in [1.29, 1.82) is 0 Å². The summed E-state index contributed by atoms with van der Waals surface area (Å²) in [7, 11) is -1.37. The minimum absolute atomic E-state index is 0.536. The smallest absolute Gasteiger partial charge is 0.151 e. The van der Waals surface area contributed by atoms with Crippen molar-refractivity contribution >= 4 is 31.1 Å². The maximum absolute atomic E-state index is 6.20. The average molecular weight is 211 g/mol. The van der Waals surface area contributed by atoms with Crippen molar-refractivity contribution in [3.05, 3.63) is 0 Å². The number of halogens is 1. The normalized spacial score (nSPS) is 15.0. The molecule has 0 N–H and O–H groups in total. The molecule has 68 valence electrons. The van der Waals surface area contributed by atoms with E-state index in [2.05, 4.69) is 32.6 Å². The first kappa shape index (κ1) is 11.9. The Morgan fingerprint density at radius 1 is 1.45 bits per heavy atom. The second-order valence-corrected chi connectivity index (χ2v) is 11.4. The van der Waals surface area contributed by atoms with Crippen LogP contribution in [0.3, 0.4) is 0 Å². The first-order valence-corrected chi connectivity index (χ1v) is 9.06. The standard InChI is InChI=1S/C8H19ClSSi/c1-4-5-6-8(10)7-11(2,3)9/h8,10H,4-7H2,1-3H3. The van der Waals surface area contributed by atoms with Crippen molar-refractivity contribution in [1.82, 2.24) is 0 Å². The van der Waals surface area contributed by atoms with Crippen LogP contribution in [0.5, 0.6) is 0 Å². The van der Waals surface area contributed by atoms with Gasteiger partial charge in [-0.2, -0.15) is 23.7 Å². The first-order valence-electron chi connectivity index (χ1n) is 4.32. The lowest BCUT2D eigenvalue weighted by molar-refractivity contribution is 0.712. The molecular weight excluding hydrogens is 192 g/mol. The predicted octanol–water partition coefficient (Wildman–Crippen LogP) is 3.92. The van der Waals surface area contributed by atoms with Crippen LogP contribution >= 0.6 is 23.7 Å². The molecule has 0 spiro atoms. The highest BCUT2D eigenvalue weighted by Gasteiger charge is 2.20. The Kier molecular flexibility index (Phi) is 5.92. The van der Waals surface area contributed by atoms with Crippen LogP contribution in [0.1, 0.15) is 26.2 Å². The first-order chi connectivity index (χ1) is 4.95. The van der Waals surface area contributed by atoms with E-state index >= 15 is 0 Å². The molecule has 1 atom stereocenters.